The van der Waals surface area contributed by atoms with Gasteiger partial charge in [0.2, 0.25) is 0 Å². The Morgan fingerprint density at radius 2 is 1.00 bits per heavy atom. The van der Waals surface area contributed by atoms with Gasteiger partial charge in [0.25, 0.3) is 0 Å². The van der Waals surface area contributed by atoms with Crippen LogP contribution in [0.5, 0.6) is 0 Å². The number of hydrogen-bond acceptors (Lipinski definition) is 3. The minimum Gasteiger partial charge on any atom is -0.399 e. The Morgan fingerprint density at radius 1 is 0.632 bits per heavy atom. The highest BCUT2D eigenvalue weighted by Crippen LogP contribution is 2.06. The van der Waals surface area contributed by atoms with Crippen LogP contribution >= 0.6 is 0 Å². The Balaban J connectivity index is 1.64. The van der Waals surface area contributed by atoms with Gasteiger partial charge in [-0.3, -0.25) is 0 Å². The van der Waals surface area contributed by atoms with Gasteiger partial charge in [0.15, 0.2) is 0 Å². The highest BCUT2D eigenvalue weighted by atomic mass is 14.8. The van der Waals surface area contributed by atoms with E-state index >= 15 is 0 Å². The molecule has 0 aliphatic rings. The second-order valence-electron chi connectivity index (χ2n) is 4.73. The number of anilines is 2. The average molecular weight is 255 g/mol. The smallest absolute Gasteiger partial charge is 0.0314 e. The zero-order valence-corrected chi connectivity index (χ0v) is 11.1. The van der Waals surface area contributed by atoms with Gasteiger partial charge in [0.05, 0.1) is 0 Å². The normalized spacial score (nSPS) is 10.5. The molecule has 3 heteroatoms. The number of nitrogens with two attached hydrogens (primary N) is 2. The first-order valence-electron chi connectivity index (χ1n) is 6.63. The zero-order valence-electron chi connectivity index (χ0n) is 11.1. The molecule has 0 fully saturated rings. The summed E-state index contributed by atoms with van der Waals surface area (Å²) in [4.78, 5) is 0. The molecule has 0 unspecified atom stereocenters. The van der Waals surface area contributed by atoms with E-state index in [2.05, 4.69) is 29.6 Å². The van der Waals surface area contributed by atoms with Gasteiger partial charge in [-0.2, -0.15) is 0 Å². The third-order valence-electron chi connectivity index (χ3n) is 3.14. The van der Waals surface area contributed by atoms with Gasteiger partial charge in [-0.1, -0.05) is 24.3 Å². The molecule has 2 rings (SSSR count). The average Bonchev–Trinajstić information content (AvgIpc) is 2.43. The van der Waals surface area contributed by atoms with E-state index in [4.69, 9.17) is 11.5 Å². The minimum atomic E-state index is 0.819. The van der Waals surface area contributed by atoms with Gasteiger partial charge in [-0.05, 0) is 61.3 Å². The van der Waals surface area contributed by atoms with Crippen LogP contribution in [0.2, 0.25) is 0 Å². The molecule has 0 aliphatic carbocycles. The predicted molar refractivity (Wildman–Crippen MR) is 82.0 cm³/mol. The van der Waals surface area contributed by atoms with Crippen LogP contribution in [0.1, 0.15) is 11.1 Å². The first-order chi connectivity index (χ1) is 9.24. The fourth-order valence-electron chi connectivity index (χ4n) is 1.96. The van der Waals surface area contributed by atoms with E-state index in [-0.39, 0.29) is 0 Å². The van der Waals surface area contributed by atoms with Gasteiger partial charge < -0.3 is 16.8 Å². The van der Waals surface area contributed by atoms with E-state index in [9.17, 15) is 0 Å². The Hall–Kier alpha value is -2.00. The van der Waals surface area contributed by atoms with Crippen LogP contribution in [0.4, 0.5) is 11.4 Å². The molecule has 0 heterocycles. The van der Waals surface area contributed by atoms with Crippen LogP contribution in [0, 0.1) is 0 Å². The molecular formula is C16H21N3. The SMILES string of the molecule is Nc1ccc(CCNCCc2ccc(N)cc2)cc1. The summed E-state index contributed by atoms with van der Waals surface area (Å²) >= 11 is 0. The minimum absolute atomic E-state index is 0.819. The molecule has 2 aromatic rings. The third kappa shape index (κ3) is 4.64. The number of benzene rings is 2. The monoisotopic (exact) mass is 255 g/mol. The van der Waals surface area contributed by atoms with Crippen LogP contribution in [0.15, 0.2) is 48.5 Å². The molecule has 19 heavy (non-hydrogen) atoms. The first-order valence-corrected chi connectivity index (χ1v) is 6.63. The molecule has 2 aromatic carbocycles. The van der Waals surface area contributed by atoms with Crippen molar-refractivity contribution in [3.63, 3.8) is 0 Å². The lowest BCUT2D eigenvalue weighted by molar-refractivity contribution is 0.682. The standard InChI is InChI=1S/C16H21N3/c17-15-5-1-13(2-6-15)9-11-19-12-10-14-3-7-16(18)8-4-14/h1-8,19H,9-12,17-18H2. The van der Waals surface area contributed by atoms with E-state index in [1.165, 1.54) is 11.1 Å². The maximum absolute atomic E-state index is 5.65. The van der Waals surface area contributed by atoms with Crippen molar-refractivity contribution in [2.24, 2.45) is 0 Å². The topological polar surface area (TPSA) is 64.1 Å². The van der Waals surface area contributed by atoms with Crippen molar-refractivity contribution in [2.75, 3.05) is 24.6 Å². The summed E-state index contributed by atoms with van der Waals surface area (Å²) in [5, 5.41) is 3.45. The van der Waals surface area contributed by atoms with Crippen LogP contribution in [-0.2, 0) is 12.8 Å². The van der Waals surface area contributed by atoms with E-state index in [1.807, 2.05) is 24.3 Å². The Labute approximate surface area is 114 Å². The van der Waals surface area contributed by atoms with Crippen molar-refractivity contribution in [3.8, 4) is 0 Å². The summed E-state index contributed by atoms with van der Waals surface area (Å²) in [5.41, 5.74) is 15.6. The first kappa shape index (κ1) is 13.4. The molecule has 5 N–H and O–H groups in total. The van der Waals surface area contributed by atoms with E-state index in [0.717, 1.165) is 37.3 Å². The summed E-state index contributed by atoms with van der Waals surface area (Å²) in [7, 11) is 0. The van der Waals surface area contributed by atoms with Crippen LogP contribution in [0.3, 0.4) is 0 Å². The molecule has 0 bridgehead atoms. The Bertz CT molecular complexity index is 441. The molecule has 0 aromatic heterocycles. The van der Waals surface area contributed by atoms with Crippen LogP contribution < -0.4 is 16.8 Å². The van der Waals surface area contributed by atoms with Crippen molar-refractivity contribution < 1.29 is 0 Å². The molecule has 0 atom stereocenters. The number of rotatable bonds is 6. The van der Waals surface area contributed by atoms with Gasteiger partial charge in [0.1, 0.15) is 0 Å². The number of hydrogen-bond donors (Lipinski definition) is 3. The molecule has 100 valence electrons. The lowest BCUT2D eigenvalue weighted by Gasteiger charge is -2.06. The van der Waals surface area contributed by atoms with Gasteiger partial charge in [-0.25, -0.2) is 0 Å². The zero-order chi connectivity index (χ0) is 13.5. The van der Waals surface area contributed by atoms with Gasteiger partial charge >= 0.3 is 0 Å². The summed E-state index contributed by atoms with van der Waals surface area (Å²) in [6.07, 6.45) is 2.06. The van der Waals surface area contributed by atoms with Crippen molar-refractivity contribution >= 4 is 11.4 Å². The van der Waals surface area contributed by atoms with E-state index < -0.39 is 0 Å². The van der Waals surface area contributed by atoms with Crippen molar-refractivity contribution in [2.45, 2.75) is 12.8 Å². The summed E-state index contributed by atoms with van der Waals surface area (Å²) < 4.78 is 0. The van der Waals surface area contributed by atoms with Crippen LogP contribution in [0.25, 0.3) is 0 Å². The highest BCUT2D eigenvalue weighted by molar-refractivity contribution is 5.40. The van der Waals surface area contributed by atoms with Crippen molar-refractivity contribution in [1.82, 2.24) is 5.32 Å². The summed E-state index contributed by atoms with van der Waals surface area (Å²) in [5.74, 6) is 0. The lowest BCUT2D eigenvalue weighted by atomic mass is 10.1. The summed E-state index contributed by atoms with van der Waals surface area (Å²) in [6.45, 7) is 1.97. The molecular weight excluding hydrogens is 234 g/mol. The number of nitrogens with one attached hydrogen (secondary N) is 1. The molecule has 0 aliphatic heterocycles. The molecule has 0 saturated carbocycles. The maximum atomic E-state index is 5.65. The van der Waals surface area contributed by atoms with Crippen molar-refractivity contribution in [3.05, 3.63) is 59.7 Å². The van der Waals surface area contributed by atoms with E-state index in [0.29, 0.717) is 0 Å². The third-order valence-corrected chi connectivity index (χ3v) is 3.14. The molecule has 0 radical (unpaired) electrons. The molecule has 3 nitrogen and oxygen atoms in total. The fourth-order valence-corrected chi connectivity index (χ4v) is 1.96. The van der Waals surface area contributed by atoms with Gasteiger partial charge in [-0.15, -0.1) is 0 Å². The Morgan fingerprint density at radius 3 is 1.37 bits per heavy atom. The predicted octanol–water partition coefficient (Wildman–Crippen LogP) is 2.23. The summed E-state index contributed by atoms with van der Waals surface area (Å²) in [6, 6.07) is 16.1. The van der Waals surface area contributed by atoms with Crippen molar-refractivity contribution in [1.29, 1.82) is 0 Å². The van der Waals surface area contributed by atoms with E-state index in [1.54, 1.807) is 0 Å². The van der Waals surface area contributed by atoms with Gasteiger partial charge in [0, 0.05) is 11.4 Å². The highest BCUT2D eigenvalue weighted by Gasteiger charge is 1.95. The molecule has 0 spiro atoms. The maximum Gasteiger partial charge on any atom is 0.0314 e. The second kappa shape index (κ2) is 6.81. The largest absolute Gasteiger partial charge is 0.399 e. The molecule has 0 saturated heterocycles. The number of nitrogen functional groups attached to an aromatic ring is 2. The Kier molecular flexibility index (Phi) is 4.81. The molecule has 0 amide bonds. The lowest BCUT2D eigenvalue weighted by Crippen LogP contribution is -2.20. The fraction of sp³-hybridized carbons (Fsp3) is 0.250. The quantitative estimate of drug-likeness (QED) is 0.548. The van der Waals surface area contributed by atoms with Crippen LogP contribution in [-0.4, -0.2) is 13.1 Å². The second-order valence-corrected chi connectivity index (χ2v) is 4.73.